The van der Waals surface area contributed by atoms with E-state index >= 15 is 0 Å². The van der Waals surface area contributed by atoms with E-state index in [1.54, 1.807) is 11.8 Å². The molecule has 1 atom stereocenters. The zero-order valence-electron chi connectivity index (χ0n) is 11.6. The van der Waals surface area contributed by atoms with Crippen molar-refractivity contribution in [2.45, 2.75) is 24.3 Å². The largest absolute Gasteiger partial charge is 0.272 e. The Bertz CT molecular complexity index is 533. The first-order chi connectivity index (χ1) is 9.13. The summed E-state index contributed by atoms with van der Waals surface area (Å²) in [5, 5.41) is 4.36. The standard InChI is InChI=1S/C14H20N4S/c1-10-8-12(18(2)17-10)9-14(16-15)11-4-6-13(19-3)7-5-11/h4-8,14,16H,9,15H2,1-3H3. The van der Waals surface area contributed by atoms with Crippen molar-refractivity contribution in [3.05, 3.63) is 47.3 Å². The van der Waals surface area contributed by atoms with Crippen molar-refractivity contribution < 1.29 is 0 Å². The van der Waals surface area contributed by atoms with E-state index < -0.39 is 0 Å². The van der Waals surface area contributed by atoms with Crippen LogP contribution in [-0.4, -0.2) is 16.0 Å². The molecule has 0 spiro atoms. The minimum absolute atomic E-state index is 0.103. The van der Waals surface area contributed by atoms with Crippen LogP contribution in [0.25, 0.3) is 0 Å². The fourth-order valence-electron chi connectivity index (χ4n) is 2.17. The Balaban J connectivity index is 2.17. The molecule has 19 heavy (non-hydrogen) atoms. The molecule has 0 saturated heterocycles. The summed E-state index contributed by atoms with van der Waals surface area (Å²) in [6.45, 7) is 2.00. The van der Waals surface area contributed by atoms with Gasteiger partial charge in [-0.3, -0.25) is 16.0 Å². The predicted octanol–water partition coefficient (Wildman–Crippen LogP) is 2.20. The van der Waals surface area contributed by atoms with E-state index in [0.717, 1.165) is 12.1 Å². The van der Waals surface area contributed by atoms with E-state index in [1.807, 2.05) is 18.7 Å². The van der Waals surface area contributed by atoms with Gasteiger partial charge >= 0.3 is 0 Å². The van der Waals surface area contributed by atoms with Gasteiger partial charge < -0.3 is 0 Å². The molecule has 3 N–H and O–H groups in total. The molecule has 1 aromatic carbocycles. The van der Waals surface area contributed by atoms with Crippen molar-refractivity contribution in [2.24, 2.45) is 12.9 Å². The first kappa shape index (κ1) is 14.1. The van der Waals surface area contributed by atoms with Crippen molar-refractivity contribution >= 4 is 11.8 Å². The number of aromatic nitrogens is 2. The zero-order chi connectivity index (χ0) is 13.8. The quantitative estimate of drug-likeness (QED) is 0.499. The lowest BCUT2D eigenvalue weighted by Gasteiger charge is -2.16. The molecule has 2 rings (SSSR count). The summed E-state index contributed by atoms with van der Waals surface area (Å²) in [4.78, 5) is 1.26. The van der Waals surface area contributed by atoms with Crippen LogP contribution >= 0.6 is 11.8 Å². The van der Waals surface area contributed by atoms with E-state index in [-0.39, 0.29) is 6.04 Å². The molecule has 1 unspecified atom stereocenters. The summed E-state index contributed by atoms with van der Waals surface area (Å²) in [6.07, 6.45) is 2.90. The molecule has 1 heterocycles. The van der Waals surface area contributed by atoms with Gasteiger partial charge in [-0.2, -0.15) is 5.10 Å². The SMILES string of the molecule is CSc1ccc(C(Cc2cc(C)nn2C)NN)cc1. The number of hydrogen-bond acceptors (Lipinski definition) is 4. The molecule has 0 fully saturated rings. The predicted molar refractivity (Wildman–Crippen MR) is 79.9 cm³/mol. The Labute approximate surface area is 118 Å². The number of nitrogens with two attached hydrogens (primary N) is 1. The van der Waals surface area contributed by atoms with Crippen LogP contribution in [-0.2, 0) is 13.5 Å². The molecule has 4 nitrogen and oxygen atoms in total. The van der Waals surface area contributed by atoms with Crippen LogP contribution in [0.3, 0.4) is 0 Å². The summed E-state index contributed by atoms with van der Waals surface area (Å²) in [6, 6.07) is 10.7. The van der Waals surface area contributed by atoms with Gasteiger partial charge in [0.2, 0.25) is 0 Å². The van der Waals surface area contributed by atoms with Crippen LogP contribution in [0.4, 0.5) is 0 Å². The molecule has 0 amide bonds. The van der Waals surface area contributed by atoms with Crippen LogP contribution in [0.5, 0.6) is 0 Å². The molecule has 0 aliphatic rings. The van der Waals surface area contributed by atoms with Crippen LogP contribution in [0, 0.1) is 6.92 Å². The third kappa shape index (κ3) is 3.37. The van der Waals surface area contributed by atoms with Crippen molar-refractivity contribution in [2.75, 3.05) is 6.26 Å². The highest BCUT2D eigenvalue weighted by Crippen LogP contribution is 2.21. The van der Waals surface area contributed by atoms with Gasteiger partial charge in [-0.15, -0.1) is 11.8 Å². The number of aryl methyl sites for hydroxylation is 2. The lowest BCUT2D eigenvalue weighted by atomic mass is 10.0. The smallest absolute Gasteiger partial charge is 0.0596 e. The van der Waals surface area contributed by atoms with E-state index in [0.29, 0.717) is 0 Å². The molecule has 1 aromatic heterocycles. The molecular weight excluding hydrogens is 256 g/mol. The van der Waals surface area contributed by atoms with Gasteiger partial charge in [-0.05, 0) is 36.9 Å². The lowest BCUT2D eigenvalue weighted by molar-refractivity contribution is 0.530. The maximum absolute atomic E-state index is 5.70. The van der Waals surface area contributed by atoms with Crippen LogP contribution in [0.2, 0.25) is 0 Å². The van der Waals surface area contributed by atoms with Gasteiger partial charge in [0, 0.05) is 24.1 Å². The molecule has 0 radical (unpaired) electrons. The van der Waals surface area contributed by atoms with Gasteiger partial charge in [-0.1, -0.05) is 12.1 Å². The Morgan fingerprint density at radius 2 is 2.05 bits per heavy atom. The van der Waals surface area contributed by atoms with Crippen LogP contribution in [0.15, 0.2) is 35.2 Å². The fourth-order valence-corrected chi connectivity index (χ4v) is 2.58. The Morgan fingerprint density at radius 1 is 1.37 bits per heavy atom. The van der Waals surface area contributed by atoms with Gasteiger partial charge in [0.25, 0.3) is 0 Å². The number of hydrogen-bond donors (Lipinski definition) is 2. The van der Waals surface area contributed by atoms with Crippen molar-refractivity contribution in [1.29, 1.82) is 0 Å². The van der Waals surface area contributed by atoms with E-state index in [2.05, 4.69) is 47.1 Å². The van der Waals surface area contributed by atoms with Crippen molar-refractivity contribution in [3.8, 4) is 0 Å². The van der Waals surface area contributed by atoms with E-state index in [4.69, 9.17) is 5.84 Å². The molecule has 2 aromatic rings. The Hall–Kier alpha value is -1.30. The third-order valence-corrected chi connectivity index (χ3v) is 3.98. The summed E-state index contributed by atoms with van der Waals surface area (Å²) in [7, 11) is 1.97. The average Bonchev–Trinajstić information content (AvgIpc) is 2.74. The molecule has 5 heteroatoms. The molecule has 102 valence electrons. The first-order valence-corrected chi connectivity index (χ1v) is 7.46. The number of thioether (sulfide) groups is 1. The maximum Gasteiger partial charge on any atom is 0.0596 e. The molecular formula is C14H20N4S. The highest BCUT2D eigenvalue weighted by Gasteiger charge is 2.13. The van der Waals surface area contributed by atoms with Crippen LogP contribution < -0.4 is 11.3 Å². The normalized spacial score (nSPS) is 12.6. The minimum atomic E-state index is 0.103. The van der Waals surface area contributed by atoms with E-state index in [1.165, 1.54) is 16.2 Å². The van der Waals surface area contributed by atoms with Crippen molar-refractivity contribution in [3.63, 3.8) is 0 Å². The second-order valence-electron chi connectivity index (χ2n) is 4.60. The Morgan fingerprint density at radius 3 is 2.53 bits per heavy atom. The summed E-state index contributed by atoms with van der Waals surface area (Å²) < 4.78 is 1.91. The maximum atomic E-state index is 5.70. The summed E-state index contributed by atoms with van der Waals surface area (Å²) in [5.74, 6) is 5.70. The molecule has 0 aliphatic heterocycles. The fraction of sp³-hybridized carbons (Fsp3) is 0.357. The zero-order valence-corrected chi connectivity index (χ0v) is 12.4. The number of rotatable bonds is 5. The van der Waals surface area contributed by atoms with Gasteiger partial charge in [0.15, 0.2) is 0 Å². The minimum Gasteiger partial charge on any atom is -0.272 e. The van der Waals surface area contributed by atoms with Gasteiger partial charge in [0.05, 0.1) is 11.7 Å². The highest BCUT2D eigenvalue weighted by atomic mass is 32.2. The topological polar surface area (TPSA) is 55.9 Å². The number of nitrogens with one attached hydrogen (secondary N) is 1. The average molecular weight is 276 g/mol. The molecule has 0 bridgehead atoms. The first-order valence-electron chi connectivity index (χ1n) is 6.23. The number of benzene rings is 1. The number of hydrazine groups is 1. The second-order valence-corrected chi connectivity index (χ2v) is 5.48. The lowest BCUT2D eigenvalue weighted by Crippen LogP contribution is -2.30. The molecule has 0 saturated carbocycles. The van der Waals surface area contributed by atoms with Crippen LogP contribution in [0.1, 0.15) is 23.0 Å². The van der Waals surface area contributed by atoms with E-state index in [9.17, 15) is 0 Å². The molecule has 0 aliphatic carbocycles. The highest BCUT2D eigenvalue weighted by molar-refractivity contribution is 7.98. The van der Waals surface area contributed by atoms with Gasteiger partial charge in [-0.25, -0.2) is 0 Å². The monoisotopic (exact) mass is 276 g/mol. The Kier molecular flexibility index (Phi) is 4.63. The summed E-state index contributed by atoms with van der Waals surface area (Å²) >= 11 is 1.74. The second kappa shape index (κ2) is 6.23. The van der Waals surface area contributed by atoms with Gasteiger partial charge in [0.1, 0.15) is 0 Å². The summed E-state index contributed by atoms with van der Waals surface area (Å²) in [5.41, 5.74) is 6.30. The third-order valence-electron chi connectivity index (χ3n) is 3.23. The number of nitrogens with zero attached hydrogens (tertiary/aromatic N) is 2. The van der Waals surface area contributed by atoms with Crippen molar-refractivity contribution in [1.82, 2.24) is 15.2 Å².